The Balaban J connectivity index is 1.41. The van der Waals surface area contributed by atoms with E-state index in [1.807, 2.05) is 56.0 Å². The van der Waals surface area contributed by atoms with E-state index in [1.165, 1.54) is 6.07 Å². The molecule has 1 fully saturated rings. The van der Waals surface area contributed by atoms with Crippen LogP contribution in [-0.4, -0.2) is 54.4 Å². The molecule has 0 unspecified atom stereocenters. The minimum Gasteiger partial charge on any atom is -0.367 e. The number of aromatic nitrogens is 1. The molecule has 2 heterocycles. The number of carbonyl (C=O) groups is 2. The molecule has 1 aromatic heterocycles. The van der Waals surface area contributed by atoms with E-state index < -0.39 is 11.8 Å². The van der Waals surface area contributed by atoms with Gasteiger partial charge >= 0.3 is 11.8 Å². The second-order valence-electron chi connectivity index (χ2n) is 9.21. The Labute approximate surface area is 211 Å². The summed E-state index contributed by atoms with van der Waals surface area (Å²) < 4.78 is 14.3. The van der Waals surface area contributed by atoms with Gasteiger partial charge in [0.2, 0.25) is 0 Å². The monoisotopic (exact) mass is 489 g/mol. The maximum atomic E-state index is 14.3. The molecule has 1 aliphatic rings. The number of hydrogen-bond acceptors (Lipinski definition) is 5. The van der Waals surface area contributed by atoms with Gasteiger partial charge in [0.15, 0.2) is 0 Å². The first-order valence-corrected chi connectivity index (χ1v) is 12.1. The highest BCUT2D eigenvalue weighted by molar-refractivity contribution is 6.39. The van der Waals surface area contributed by atoms with Crippen LogP contribution in [0.3, 0.4) is 0 Å². The first kappa shape index (κ1) is 25.3. The van der Waals surface area contributed by atoms with Crippen molar-refractivity contribution in [1.82, 2.24) is 15.2 Å². The average molecular weight is 490 g/mol. The summed E-state index contributed by atoms with van der Waals surface area (Å²) in [7, 11) is 0. The molecule has 2 aromatic carbocycles. The van der Waals surface area contributed by atoms with Gasteiger partial charge in [0.05, 0.1) is 11.7 Å². The smallest absolute Gasteiger partial charge is 0.313 e. The topological polar surface area (TPSA) is 77.6 Å². The van der Waals surface area contributed by atoms with Gasteiger partial charge in [-0.25, -0.2) is 4.39 Å². The van der Waals surface area contributed by atoms with Crippen molar-refractivity contribution in [1.29, 1.82) is 0 Å². The zero-order valence-corrected chi connectivity index (χ0v) is 20.9. The van der Waals surface area contributed by atoms with E-state index >= 15 is 0 Å². The first-order chi connectivity index (χ1) is 17.3. The molecule has 0 aliphatic carbocycles. The van der Waals surface area contributed by atoms with Crippen LogP contribution in [0.15, 0.2) is 60.9 Å². The lowest BCUT2D eigenvalue weighted by Gasteiger charge is -2.40. The molecule has 36 heavy (non-hydrogen) atoms. The molecule has 188 valence electrons. The molecule has 1 saturated heterocycles. The fourth-order valence-corrected chi connectivity index (χ4v) is 4.83. The third kappa shape index (κ3) is 5.88. The van der Waals surface area contributed by atoms with Gasteiger partial charge in [-0.15, -0.1) is 0 Å². The fourth-order valence-electron chi connectivity index (χ4n) is 4.83. The van der Waals surface area contributed by atoms with Gasteiger partial charge in [0, 0.05) is 50.8 Å². The molecule has 1 aliphatic heterocycles. The lowest BCUT2D eigenvalue weighted by molar-refractivity contribution is -0.136. The summed E-state index contributed by atoms with van der Waals surface area (Å²) in [5.74, 6) is -1.61. The summed E-state index contributed by atoms with van der Waals surface area (Å²) in [6.45, 7) is 8.72. The normalized spacial score (nSPS) is 14.8. The Hall–Kier alpha value is -3.78. The standard InChI is InChI=1S/C28H32FN5O2/c1-19-15-20(2)26(21(3)16-19)32-28(36)27(35)31-18-25(22-7-6-10-30-17-22)34-13-11-33(12-14-34)24-9-5-4-8-23(24)29/h4-10,15-17,25H,11-14,18H2,1-3H3,(H,31,35)(H,32,36)/t25-/m0/s1. The van der Waals surface area contributed by atoms with Crippen molar-refractivity contribution in [3.05, 3.63) is 89.0 Å². The fraction of sp³-hybridized carbons (Fsp3) is 0.321. The van der Waals surface area contributed by atoms with Crippen molar-refractivity contribution >= 4 is 23.2 Å². The van der Waals surface area contributed by atoms with Gasteiger partial charge in [-0.2, -0.15) is 0 Å². The Morgan fingerprint density at radius 2 is 1.67 bits per heavy atom. The predicted molar refractivity (Wildman–Crippen MR) is 139 cm³/mol. The number of piperazine rings is 1. The molecule has 0 radical (unpaired) electrons. The number of amides is 2. The van der Waals surface area contributed by atoms with Crippen LogP contribution >= 0.6 is 0 Å². The number of anilines is 2. The van der Waals surface area contributed by atoms with E-state index in [2.05, 4.69) is 20.5 Å². The number of rotatable bonds is 6. The maximum absolute atomic E-state index is 14.3. The van der Waals surface area contributed by atoms with Crippen LogP contribution in [0, 0.1) is 26.6 Å². The van der Waals surface area contributed by atoms with Crippen molar-refractivity contribution in [3.8, 4) is 0 Å². The number of nitrogens with one attached hydrogen (secondary N) is 2. The molecule has 1 atom stereocenters. The van der Waals surface area contributed by atoms with Gasteiger partial charge in [-0.1, -0.05) is 35.9 Å². The molecule has 3 aromatic rings. The molecule has 0 bridgehead atoms. The number of para-hydroxylation sites is 1. The van der Waals surface area contributed by atoms with Gasteiger partial charge in [-0.3, -0.25) is 19.5 Å². The number of nitrogens with zero attached hydrogens (tertiary/aromatic N) is 3. The van der Waals surface area contributed by atoms with Crippen LogP contribution in [-0.2, 0) is 9.59 Å². The molecule has 0 spiro atoms. The quantitative estimate of drug-likeness (QED) is 0.516. The summed E-state index contributed by atoms with van der Waals surface area (Å²) in [5, 5.41) is 5.57. The Bertz CT molecular complexity index is 1200. The highest BCUT2D eigenvalue weighted by Gasteiger charge is 2.27. The molecule has 7 nitrogen and oxygen atoms in total. The number of hydrogen-bond donors (Lipinski definition) is 2. The van der Waals surface area contributed by atoms with Crippen molar-refractivity contribution in [3.63, 3.8) is 0 Å². The van der Waals surface area contributed by atoms with E-state index in [0.717, 1.165) is 22.3 Å². The molecular weight excluding hydrogens is 457 g/mol. The predicted octanol–water partition coefficient (Wildman–Crippen LogP) is 3.76. The summed E-state index contributed by atoms with van der Waals surface area (Å²) in [6, 6.07) is 14.4. The van der Waals surface area contributed by atoms with Gasteiger partial charge < -0.3 is 15.5 Å². The molecule has 8 heteroatoms. The minimum absolute atomic E-state index is 0.166. The van der Waals surface area contributed by atoms with Crippen molar-refractivity contribution in [2.75, 3.05) is 42.9 Å². The van der Waals surface area contributed by atoms with Crippen LogP contribution in [0.5, 0.6) is 0 Å². The highest BCUT2D eigenvalue weighted by atomic mass is 19.1. The van der Waals surface area contributed by atoms with Crippen LogP contribution in [0.4, 0.5) is 15.8 Å². The van der Waals surface area contributed by atoms with Crippen LogP contribution in [0.1, 0.15) is 28.3 Å². The Morgan fingerprint density at radius 1 is 0.972 bits per heavy atom. The van der Waals surface area contributed by atoms with E-state index in [1.54, 1.807) is 24.5 Å². The third-order valence-corrected chi connectivity index (χ3v) is 6.60. The average Bonchev–Trinajstić information content (AvgIpc) is 2.87. The molecule has 2 N–H and O–H groups in total. The Kier molecular flexibility index (Phi) is 7.95. The zero-order chi connectivity index (χ0) is 25.7. The lowest BCUT2D eigenvalue weighted by Crippen LogP contribution is -2.50. The summed E-state index contributed by atoms with van der Waals surface area (Å²) in [6.07, 6.45) is 3.48. The molecule has 0 saturated carbocycles. The number of carbonyl (C=O) groups excluding carboxylic acids is 2. The van der Waals surface area contributed by atoms with E-state index in [-0.39, 0.29) is 18.4 Å². The minimum atomic E-state index is -0.695. The Morgan fingerprint density at radius 3 is 2.31 bits per heavy atom. The van der Waals surface area contributed by atoms with Crippen molar-refractivity contribution in [2.24, 2.45) is 0 Å². The van der Waals surface area contributed by atoms with Gasteiger partial charge in [0.1, 0.15) is 5.82 Å². The molecule has 4 rings (SSSR count). The summed E-state index contributed by atoms with van der Waals surface area (Å²) in [5.41, 5.74) is 5.13. The van der Waals surface area contributed by atoms with Gasteiger partial charge in [0.25, 0.3) is 0 Å². The highest BCUT2D eigenvalue weighted by Crippen LogP contribution is 2.25. The summed E-state index contributed by atoms with van der Waals surface area (Å²) >= 11 is 0. The van der Waals surface area contributed by atoms with Crippen LogP contribution in [0.2, 0.25) is 0 Å². The van der Waals surface area contributed by atoms with E-state index in [9.17, 15) is 14.0 Å². The van der Waals surface area contributed by atoms with Crippen LogP contribution < -0.4 is 15.5 Å². The third-order valence-electron chi connectivity index (χ3n) is 6.60. The largest absolute Gasteiger partial charge is 0.367 e. The van der Waals surface area contributed by atoms with E-state index in [4.69, 9.17) is 0 Å². The summed E-state index contributed by atoms with van der Waals surface area (Å²) in [4.78, 5) is 33.9. The van der Waals surface area contributed by atoms with Crippen LogP contribution in [0.25, 0.3) is 0 Å². The number of pyridine rings is 1. The second kappa shape index (κ2) is 11.3. The van der Waals surface area contributed by atoms with Gasteiger partial charge in [-0.05, 0) is 55.7 Å². The molecular formula is C28H32FN5O2. The van der Waals surface area contributed by atoms with Crippen molar-refractivity contribution in [2.45, 2.75) is 26.8 Å². The number of aryl methyl sites for hydroxylation is 3. The zero-order valence-electron chi connectivity index (χ0n) is 20.9. The van der Waals surface area contributed by atoms with Crippen molar-refractivity contribution < 1.29 is 14.0 Å². The number of benzene rings is 2. The lowest BCUT2D eigenvalue weighted by atomic mass is 10.0. The molecule has 2 amide bonds. The van der Waals surface area contributed by atoms with E-state index in [0.29, 0.717) is 37.6 Å². The maximum Gasteiger partial charge on any atom is 0.313 e. The first-order valence-electron chi connectivity index (χ1n) is 12.1. The SMILES string of the molecule is Cc1cc(C)c(NC(=O)C(=O)NC[C@@H](c2cccnc2)N2CCN(c3ccccc3F)CC2)c(C)c1. The number of halogens is 1. The second-order valence-corrected chi connectivity index (χ2v) is 9.21.